The van der Waals surface area contributed by atoms with Gasteiger partial charge in [-0.25, -0.2) is 0 Å². The Hall–Kier alpha value is -0.622. The molecular formula is C9H12O2W. The van der Waals surface area contributed by atoms with E-state index in [0.717, 1.165) is 0 Å². The van der Waals surface area contributed by atoms with Gasteiger partial charge in [-0.3, -0.25) is 0 Å². The van der Waals surface area contributed by atoms with Crippen LogP contribution in [0.5, 0.6) is 11.5 Å². The van der Waals surface area contributed by atoms with E-state index < -0.39 is 0 Å². The summed E-state index contributed by atoms with van der Waals surface area (Å²) in [4.78, 5) is 0. The van der Waals surface area contributed by atoms with E-state index in [1.165, 1.54) is 37.6 Å². The van der Waals surface area contributed by atoms with Gasteiger partial charge in [0.15, 0.2) is 0 Å². The molecule has 0 amide bonds. The Morgan fingerprint density at radius 3 is 2.25 bits per heavy atom. The van der Waals surface area contributed by atoms with Crippen molar-refractivity contribution >= 4 is 4.40 Å². The second-order valence-electron chi connectivity index (χ2n) is 1.86. The van der Waals surface area contributed by atoms with Crippen LogP contribution in [0.2, 0.25) is 0 Å². The molecular weight excluding hydrogens is 324 g/mol. The molecule has 0 bridgehead atoms. The molecule has 0 aliphatic carbocycles. The van der Waals surface area contributed by atoms with Crippen molar-refractivity contribution in [1.29, 1.82) is 0 Å². The Kier molecular flexibility index (Phi) is 5.65. The molecule has 0 unspecified atom stereocenters. The molecule has 1 aromatic rings. The van der Waals surface area contributed by atoms with Gasteiger partial charge in [0, 0.05) is 0 Å². The van der Waals surface area contributed by atoms with Gasteiger partial charge in [-0.15, -0.1) is 0 Å². The van der Waals surface area contributed by atoms with Crippen LogP contribution in [0.1, 0.15) is 19.4 Å². The zero-order valence-corrected chi connectivity index (χ0v) is 10.0. The molecule has 0 radical (unpaired) electrons. The van der Waals surface area contributed by atoms with Crippen molar-refractivity contribution in [2.75, 3.05) is 0 Å². The van der Waals surface area contributed by atoms with Crippen LogP contribution in [-0.4, -0.2) is 14.6 Å². The zero-order valence-electron chi connectivity index (χ0n) is 7.11. The summed E-state index contributed by atoms with van der Waals surface area (Å²) in [7, 11) is 0. The van der Waals surface area contributed by atoms with Crippen LogP contribution >= 0.6 is 0 Å². The molecule has 0 saturated heterocycles. The third-order valence-corrected chi connectivity index (χ3v) is 2.05. The molecule has 0 heterocycles. The molecule has 1 rings (SSSR count). The molecule has 1 aromatic carbocycles. The molecule has 2 N–H and O–H groups in total. The van der Waals surface area contributed by atoms with Crippen LogP contribution < -0.4 is 0 Å². The molecule has 12 heavy (non-hydrogen) atoms. The molecule has 66 valence electrons. The normalized spacial score (nSPS) is 8.17. The number of aromatic hydroxyl groups is 2. The second-order valence-corrected chi connectivity index (χ2v) is 2.71. The van der Waals surface area contributed by atoms with Gasteiger partial charge in [-0.2, -0.15) is 0 Å². The fourth-order valence-electron chi connectivity index (χ4n) is 0.636. The Balaban J connectivity index is 0.000000561. The maximum atomic E-state index is 9.11. The van der Waals surface area contributed by atoms with E-state index in [1.807, 2.05) is 18.2 Å². The number of hydrogen-bond acceptors (Lipinski definition) is 2. The summed E-state index contributed by atoms with van der Waals surface area (Å²) in [5.74, 6) is 0.401. The molecule has 3 heteroatoms. The van der Waals surface area contributed by atoms with Crippen molar-refractivity contribution in [3.8, 4) is 11.5 Å². The minimum absolute atomic E-state index is 0.185. The quantitative estimate of drug-likeness (QED) is 0.769. The van der Waals surface area contributed by atoms with Gasteiger partial charge in [0.25, 0.3) is 0 Å². The topological polar surface area (TPSA) is 40.5 Å². The van der Waals surface area contributed by atoms with Crippen molar-refractivity contribution < 1.29 is 29.6 Å². The summed E-state index contributed by atoms with van der Waals surface area (Å²) in [6, 6.07) is 4.46. The molecule has 0 aliphatic rings. The number of phenolic OH excluding ortho intramolecular Hbond substituents is 2. The third kappa shape index (κ3) is 3.18. The van der Waals surface area contributed by atoms with E-state index in [0.29, 0.717) is 5.56 Å². The van der Waals surface area contributed by atoms with E-state index in [2.05, 4.69) is 0 Å². The van der Waals surface area contributed by atoms with Crippen LogP contribution in [0.15, 0.2) is 18.2 Å². The van der Waals surface area contributed by atoms with E-state index in [-0.39, 0.29) is 11.5 Å². The monoisotopic (exact) mass is 336 g/mol. The minimum atomic E-state index is 0.185. The first-order chi connectivity index (χ1) is 5.74. The molecule has 0 atom stereocenters. The molecule has 2 nitrogen and oxygen atoms in total. The van der Waals surface area contributed by atoms with Crippen LogP contribution in [-0.2, 0) is 19.4 Å². The predicted octanol–water partition coefficient (Wildman–Crippen LogP) is 1.82. The Labute approximate surface area is 83.3 Å². The summed E-state index contributed by atoms with van der Waals surface area (Å²) >= 11 is 1.25. The molecule has 0 saturated carbocycles. The fraction of sp³-hybridized carbons (Fsp3) is 0.222. The predicted molar refractivity (Wildman–Crippen MR) is 46.3 cm³/mol. The van der Waals surface area contributed by atoms with Gasteiger partial charge in [0.2, 0.25) is 0 Å². The zero-order chi connectivity index (χ0) is 9.56. The third-order valence-electron chi connectivity index (χ3n) is 1.14. The second kappa shape index (κ2) is 5.96. The number of phenols is 2. The SMILES string of the molecule is CC.Oc1ccc(O)c([CH]=[W])c1. The maximum absolute atomic E-state index is 9.11. The summed E-state index contributed by atoms with van der Waals surface area (Å²) in [6.07, 6.45) is 0. The summed E-state index contributed by atoms with van der Waals surface area (Å²) in [6.45, 7) is 4.00. The summed E-state index contributed by atoms with van der Waals surface area (Å²) in [5.41, 5.74) is 0.690. The fourth-order valence-corrected chi connectivity index (χ4v) is 1.31. The molecule has 0 spiro atoms. The van der Waals surface area contributed by atoms with E-state index >= 15 is 0 Å². The first-order valence-electron chi connectivity index (χ1n) is 3.71. The van der Waals surface area contributed by atoms with E-state index in [1.54, 1.807) is 0 Å². The first kappa shape index (κ1) is 11.4. The van der Waals surface area contributed by atoms with E-state index in [4.69, 9.17) is 10.2 Å². The number of rotatable bonds is 1. The Bertz CT molecular complexity index is 259. The van der Waals surface area contributed by atoms with Gasteiger partial charge < -0.3 is 0 Å². The molecule has 0 aromatic heterocycles. The number of benzene rings is 1. The first-order valence-corrected chi connectivity index (χ1v) is 5.40. The molecule has 0 aliphatic heterocycles. The van der Waals surface area contributed by atoms with Crippen molar-refractivity contribution in [2.45, 2.75) is 13.8 Å². The number of hydrogen-bond donors (Lipinski definition) is 2. The van der Waals surface area contributed by atoms with Crippen LogP contribution in [0.3, 0.4) is 0 Å². The van der Waals surface area contributed by atoms with Gasteiger partial charge in [-0.05, 0) is 0 Å². The summed E-state index contributed by atoms with van der Waals surface area (Å²) < 4.78 is 1.81. The Morgan fingerprint density at radius 2 is 1.83 bits per heavy atom. The summed E-state index contributed by atoms with van der Waals surface area (Å²) in [5, 5.41) is 18.1. The van der Waals surface area contributed by atoms with Crippen molar-refractivity contribution in [3.63, 3.8) is 0 Å². The van der Waals surface area contributed by atoms with Crippen molar-refractivity contribution in [3.05, 3.63) is 23.8 Å². The van der Waals surface area contributed by atoms with Gasteiger partial charge >= 0.3 is 69.2 Å². The average molecular weight is 336 g/mol. The van der Waals surface area contributed by atoms with Crippen LogP contribution in [0, 0.1) is 0 Å². The standard InChI is InChI=1S/C7H6O2.C2H6.W/c1-5-4-6(8)2-3-7(5)9;1-2;/h1-4,8-9H;1-2H3;. The van der Waals surface area contributed by atoms with E-state index in [9.17, 15) is 0 Å². The van der Waals surface area contributed by atoms with Crippen molar-refractivity contribution in [2.24, 2.45) is 0 Å². The van der Waals surface area contributed by atoms with Crippen molar-refractivity contribution in [1.82, 2.24) is 0 Å². The van der Waals surface area contributed by atoms with Crippen LogP contribution in [0.25, 0.3) is 0 Å². The molecule has 0 fully saturated rings. The average Bonchev–Trinajstić information content (AvgIpc) is 2.13. The van der Waals surface area contributed by atoms with Gasteiger partial charge in [0.05, 0.1) is 0 Å². The van der Waals surface area contributed by atoms with Crippen LogP contribution in [0.4, 0.5) is 0 Å². The van der Waals surface area contributed by atoms with Gasteiger partial charge in [0.1, 0.15) is 0 Å². The Morgan fingerprint density at radius 1 is 1.25 bits per heavy atom. The van der Waals surface area contributed by atoms with Gasteiger partial charge in [-0.1, -0.05) is 13.8 Å².